The Labute approximate surface area is 90.6 Å². The Balaban J connectivity index is 4.07. The van der Waals surface area contributed by atoms with Gasteiger partial charge in [0.25, 0.3) is 0 Å². The van der Waals surface area contributed by atoms with Gasteiger partial charge in [-0.3, -0.25) is 0 Å². The van der Waals surface area contributed by atoms with Crippen molar-refractivity contribution in [2.45, 2.75) is 27.2 Å². The Morgan fingerprint density at radius 2 is 2.00 bits per heavy atom. The van der Waals surface area contributed by atoms with E-state index in [1.54, 1.807) is 0 Å². The summed E-state index contributed by atoms with van der Waals surface area (Å²) >= 11 is 0. The van der Waals surface area contributed by atoms with Gasteiger partial charge in [0.2, 0.25) is 10.0 Å². The molecule has 0 aliphatic carbocycles. The van der Waals surface area contributed by atoms with E-state index in [9.17, 15) is 8.42 Å². The van der Waals surface area contributed by atoms with Gasteiger partial charge in [-0.25, -0.2) is 13.1 Å². The minimum absolute atomic E-state index is 0.00783. The summed E-state index contributed by atoms with van der Waals surface area (Å²) in [4.78, 5) is 0. The van der Waals surface area contributed by atoms with Crippen LogP contribution in [0.1, 0.15) is 27.2 Å². The van der Waals surface area contributed by atoms with Crippen molar-refractivity contribution in [3.63, 3.8) is 0 Å². The quantitative estimate of drug-likeness (QED) is 0.273. The van der Waals surface area contributed by atoms with Crippen LogP contribution in [0, 0.1) is 5.41 Å². The summed E-state index contributed by atoms with van der Waals surface area (Å²) < 4.78 is 25.3. The number of nitrogens with two attached hydrogens (primary N) is 1. The molecule has 7 heteroatoms. The van der Waals surface area contributed by atoms with Gasteiger partial charge in [0.1, 0.15) is 5.84 Å². The summed E-state index contributed by atoms with van der Waals surface area (Å²) in [5.41, 5.74) is 4.91. The van der Waals surface area contributed by atoms with E-state index in [0.29, 0.717) is 0 Å². The summed E-state index contributed by atoms with van der Waals surface area (Å²) in [6.07, 6.45) is 0.194. The zero-order valence-electron chi connectivity index (χ0n) is 9.32. The first-order valence-electron chi connectivity index (χ1n) is 4.60. The van der Waals surface area contributed by atoms with Crippen LogP contribution in [0.3, 0.4) is 0 Å². The van der Waals surface area contributed by atoms with Crippen LogP contribution in [0.5, 0.6) is 0 Å². The molecule has 0 aromatic heterocycles. The maximum absolute atomic E-state index is 11.5. The van der Waals surface area contributed by atoms with Crippen molar-refractivity contribution in [3.8, 4) is 0 Å². The van der Waals surface area contributed by atoms with Gasteiger partial charge in [0.05, 0.1) is 5.75 Å². The van der Waals surface area contributed by atoms with E-state index < -0.39 is 10.0 Å². The number of hydrogen-bond acceptors (Lipinski definition) is 4. The number of sulfonamides is 1. The Bertz CT molecular complexity index is 317. The smallest absolute Gasteiger partial charge is 0.212 e. The maximum Gasteiger partial charge on any atom is 0.212 e. The van der Waals surface area contributed by atoms with Crippen LogP contribution in [0.4, 0.5) is 0 Å². The fourth-order valence-corrected chi connectivity index (χ4v) is 2.66. The van der Waals surface area contributed by atoms with E-state index in [2.05, 4.69) is 9.88 Å². The number of nitrogens with zero attached hydrogens (tertiary/aromatic N) is 1. The zero-order chi connectivity index (χ0) is 12.1. The molecule has 0 unspecified atom stereocenters. The number of hydrogen-bond donors (Lipinski definition) is 3. The van der Waals surface area contributed by atoms with Gasteiger partial charge in [-0.2, -0.15) is 0 Å². The predicted molar refractivity (Wildman–Crippen MR) is 59.3 cm³/mol. The van der Waals surface area contributed by atoms with Crippen LogP contribution < -0.4 is 10.5 Å². The SMILES string of the molecule is CC(C)(C)CS(=O)(=O)NCCC(N)=NO. The summed E-state index contributed by atoms with van der Waals surface area (Å²) in [5, 5.41) is 11.0. The number of rotatable bonds is 5. The van der Waals surface area contributed by atoms with E-state index in [0.717, 1.165) is 0 Å². The molecule has 0 amide bonds. The van der Waals surface area contributed by atoms with Gasteiger partial charge >= 0.3 is 0 Å². The summed E-state index contributed by atoms with van der Waals surface area (Å²) in [7, 11) is -3.29. The summed E-state index contributed by atoms with van der Waals surface area (Å²) in [5.74, 6) is 0.0596. The lowest BCUT2D eigenvalue weighted by atomic mass is 10.0. The van der Waals surface area contributed by atoms with E-state index in [1.165, 1.54) is 0 Å². The van der Waals surface area contributed by atoms with Crippen LogP contribution in [-0.4, -0.2) is 31.8 Å². The topological polar surface area (TPSA) is 105 Å². The molecule has 0 saturated carbocycles. The molecule has 0 radical (unpaired) electrons. The van der Waals surface area contributed by atoms with E-state index in [4.69, 9.17) is 10.9 Å². The van der Waals surface area contributed by atoms with Crippen molar-refractivity contribution in [1.29, 1.82) is 0 Å². The lowest BCUT2D eigenvalue weighted by molar-refractivity contribution is 0.317. The Kier molecular flexibility index (Phi) is 5.02. The monoisotopic (exact) mass is 237 g/mol. The third kappa shape index (κ3) is 8.19. The Hall–Kier alpha value is -0.820. The molecule has 6 nitrogen and oxygen atoms in total. The lowest BCUT2D eigenvalue weighted by Crippen LogP contribution is -2.34. The highest BCUT2D eigenvalue weighted by molar-refractivity contribution is 7.89. The standard InChI is InChI=1S/C8H19N3O3S/c1-8(2,3)6-15(13,14)10-5-4-7(9)11-12/h10,12H,4-6H2,1-3H3,(H2,9,11). The third-order valence-electron chi connectivity index (χ3n) is 1.45. The molecule has 0 heterocycles. The first-order valence-corrected chi connectivity index (χ1v) is 6.25. The van der Waals surface area contributed by atoms with Gasteiger partial charge < -0.3 is 10.9 Å². The summed E-state index contributed by atoms with van der Waals surface area (Å²) in [6.45, 7) is 5.68. The van der Waals surface area contributed by atoms with E-state index in [-0.39, 0.29) is 30.0 Å². The zero-order valence-corrected chi connectivity index (χ0v) is 10.1. The van der Waals surface area contributed by atoms with Crippen molar-refractivity contribution >= 4 is 15.9 Å². The molecule has 0 atom stereocenters. The second-order valence-corrected chi connectivity index (χ2v) is 6.36. The largest absolute Gasteiger partial charge is 0.409 e. The molecule has 0 spiro atoms. The van der Waals surface area contributed by atoms with E-state index in [1.807, 2.05) is 20.8 Å². The average molecular weight is 237 g/mol. The van der Waals surface area contributed by atoms with Crippen molar-refractivity contribution < 1.29 is 13.6 Å². The molecule has 0 aliphatic rings. The van der Waals surface area contributed by atoms with Gasteiger partial charge in [0.15, 0.2) is 0 Å². The van der Waals surface area contributed by atoms with Crippen LogP contribution in [0.15, 0.2) is 5.16 Å². The fraction of sp³-hybridized carbons (Fsp3) is 0.875. The average Bonchev–Trinajstić information content (AvgIpc) is 1.98. The molecule has 0 aromatic carbocycles. The lowest BCUT2D eigenvalue weighted by Gasteiger charge is -2.18. The van der Waals surface area contributed by atoms with Crippen LogP contribution in [0.25, 0.3) is 0 Å². The third-order valence-corrected chi connectivity index (χ3v) is 3.34. The van der Waals surface area contributed by atoms with E-state index >= 15 is 0 Å². The normalized spacial score (nSPS) is 14.2. The minimum atomic E-state index is -3.29. The molecular weight excluding hydrogens is 218 g/mol. The molecule has 0 rings (SSSR count). The highest BCUT2D eigenvalue weighted by Gasteiger charge is 2.20. The van der Waals surface area contributed by atoms with Crippen molar-refractivity contribution in [1.82, 2.24) is 4.72 Å². The molecule has 4 N–H and O–H groups in total. The predicted octanol–water partition coefficient (Wildman–Crippen LogP) is 0.0884. The van der Waals surface area contributed by atoms with Crippen molar-refractivity contribution in [2.75, 3.05) is 12.3 Å². The highest BCUT2D eigenvalue weighted by Crippen LogP contribution is 2.14. The first-order chi connectivity index (χ1) is 6.66. The minimum Gasteiger partial charge on any atom is -0.409 e. The highest BCUT2D eigenvalue weighted by atomic mass is 32.2. The number of nitrogens with one attached hydrogen (secondary N) is 1. The Morgan fingerprint density at radius 3 is 2.40 bits per heavy atom. The first kappa shape index (κ1) is 14.2. The molecule has 0 bridgehead atoms. The van der Waals surface area contributed by atoms with Gasteiger partial charge in [0, 0.05) is 13.0 Å². The summed E-state index contributed by atoms with van der Waals surface area (Å²) in [6, 6.07) is 0. The molecule has 0 fully saturated rings. The molecular formula is C8H19N3O3S. The fourth-order valence-electron chi connectivity index (χ4n) is 1.01. The van der Waals surface area contributed by atoms with Crippen molar-refractivity contribution in [3.05, 3.63) is 0 Å². The van der Waals surface area contributed by atoms with Gasteiger partial charge in [-0.15, -0.1) is 0 Å². The van der Waals surface area contributed by atoms with Gasteiger partial charge in [-0.05, 0) is 5.41 Å². The number of oxime groups is 1. The molecule has 90 valence electrons. The molecule has 0 saturated heterocycles. The van der Waals surface area contributed by atoms with Crippen LogP contribution in [-0.2, 0) is 10.0 Å². The molecule has 15 heavy (non-hydrogen) atoms. The van der Waals surface area contributed by atoms with Crippen LogP contribution >= 0.6 is 0 Å². The van der Waals surface area contributed by atoms with Gasteiger partial charge in [-0.1, -0.05) is 25.9 Å². The Morgan fingerprint density at radius 1 is 1.47 bits per heavy atom. The number of amidine groups is 1. The second-order valence-electron chi connectivity index (χ2n) is 4.56. The molecule has 0 aliphatic heterocycles. The van der Waals surface area contributed by atoms with Crippen LogP contribution in [0.2, 0.25) is 0 Å². The molecule has 0 aromatic rings. The second kappa shape index (κ2) is 5.32. The maximum atomic E-state index is 11.5. The van der Waals surface area contributed by atoms with Crippen molar-refractivity contribution in [2.24, 2.45) is 16.3 Å².